The van der Waals surface area contributed by atoms with Crippen LogP contribution in [0.1, 0.15) is 65.7 Å². The van der Waals surface area contributed by atoms with Gasteiger partial charge in [-0.2, -0.15) is 0 Å². The van der Waals surface area contributed by atoms with Crippen LogP contribution in [0, 0.1) is 11.2 Å². The molecule has 31 heavy (non-hydrogen) atoms. The van der Waals surface area contributed by atoms with Crippen LogP contribution in [-0.2, 0) is 10.0 Å². The van der Waals surface area contributed by atoms with E-state index in [1.165, 1.54) is 6.07 Å². The highest BCUT2D eigenvalue weighted by Gasteiger charge is 2.31. The topological polar surface area (TPSA) is 38.7 Å². The molecular weight excluding hydrogens is 407 g/mol. The Morgan fingerprint density at radius 1 is 1.00 bits per heavy atom. The molecule has 5 heteroatoms. The standard InChI is InChI=1S/C26H37FO3Si/c1-10-25(5,6)23(28)21-15-17(26(7,8)30-31-24(2,3)4)11-13-19(21)20-16-18(29-9)12-14-22(20)27/h10-16,23,28H,1,31H2,2-9H3. The SMILES string of the molecule is C=CC(C)(C)C(O)c1cc(C(C)(C)O[SiH2]C(C)(C)C)ccc1-c1cc(OC)ccc1F. The lowest BCUT2D eigenvalue weighted by atomic mass is 9.79. The fourth-order valence-corrected chi connectivity index (χ4v) is 4.20. The van der Waals surface area contributed by atoms with Crippen LogP contribution in [-0.4, -0.2) is 22.0 Å². The number of ether oxygens (including phenoxy) is 1. The van der Waals surface area contributed by atoms with Crippen molar-refractivity contribution in [2.45, 2.75) is 65.2 Å². The van der Waals surface area contributed by atoms with E-state index in [1.807, 2.05) is 45.9 Å². The Kier molecular flexibility index (Phi) is 7.57. The normalized spacial score (nSPS) is 14.1. The molecule has 1 unspecified atom stereocenters. The molecule has 0 amide bonds. The number of hydrogen-bond donors (Lipinski definition) is 1. The molecule has 2 aromatic rings. The monoisotopic (exact) mass is 444 g/mol. The van der Waals surface area contributed by atoms with Crippen molar-refractivity contribution in [3.05, 3.63) is 66.0 Å². The highest BCUT2D eigenvalue weighted by molar-refractivity contribution is 6.31. The lowest BCUT2D eigenvalue weighted by Gasteiger charge is -2.33. The van der Waals surface area contributed by atoms with Gasteiger partial charge in [-0.05, 0) is 59.8 Å². The first-order chi connectivity index (χ1) is 14.2. The number of rotatable bonds is 8. The summed E-state index contributed by atoms with van der Waals surface area (Å²) in [7, 11) is 0.759. The van der Waals surface area contributed by atoms with Gasteiger partial charge in [0.25, 0.3) is 0 Å². The molecule has 0 aromatic heterocycles. The Labute approximate surface area is 189 Å². The van der Waals surface area contributed by atoms with Gasteiger partial charge in [0.05, 0.1) is 18.8 Å². The van der Waals surface area contributed by atoms with Crippen LogP contribution in [0.25, 0.3) is 11.1 Å². The molecule has 2 aromatic carbocycles. The Balaban J connectivity index is 2.66. The van der Waals surface area contributed by atoms with Crippen molar-refractivity contribution in [2.24, 2.45) is 5.41 Å². The number of hydrogen-bond acceptors (Lipinski definition) is 3. The van der Waals surface area contributed by atoms with Crippen LogP contribution in [0.3, 0.4) is 0 Å². The van der Waals surface area contributed by atoms with Gasteiger partial charge >= 0.3 is 0 Å². The molecular formula is C26H37FO3Si. The minimum atomic E-state index is -0.874. The van der Waals surface area contributed by atoms with Gasteiger partial charge in [0.2, 0.25) is 0 Å². The van der Waals surface area contributed by atoms with Crippen LogP contribution in [0.5, 0.6) is 5.75 Å². The molecule has 0 radical (unpaired) electrons. The summed E-state index contributed by atoms with van der Waals surface area (Å²) in [6.45, 7) is 18.4. The maximum absolute atomic E-state index is 14.8. The van der Waals surface area contributed by atoms with Gasteiger partial charge in [-0.3, -0.25) is 0 Å². The van der Waals surface area contributed by atoms with Crippen LogP contribution in [0.2, 0.25) is 5.04 Å². The Bertz CT molecular complexity index is 929. The minimum absolute atomic E-state index is 0.161. The smallest absolute Gasteiger partial charge is 0.168 e. The predicted octanol–water partition coefficient (Wildman–Crippen LogP) is 6.30. The third kappa shape index (κ3) is 6.06. The molecule has 0 fully saturated rings. The van der Waals surface area contributed by atoms with Crippen molar-refractivity contribution in [1.29, 1.82) is 0 Å². The molecule has 1 N–H and O–H groups in total. The molecule has 0 heterocycles. The van der Waals surface area contributed by atoms with Crippen molar-refractivity contribution in [3.63, 3.8) is 0 Å². The zero-order valence-electron chi connectivity index (χ0n) is 20.2. The molecule has 0 bridgehead atoms. The Hall–Kier alpha value is -1.95. The zero-order valence-corrected chi connectivity index (χ0v) is 21.6. The van der Waals surface area contributed by atoms with E-state index in [0.717, 1.165) is 5.56 Å². The molecule has 3 nitrogen and oxygen atoms in total. The zero-order chi connectivity index (χ0) is 23.6. The number of benzene rings is 2. The number of halogens is 1. The van der Waals surface area contributed by atoms with E-state index in [9.17, 15) is 9.50 Å². The van der Waals surface area contributed by atoms with E-state index in [2.05, 4.69) is 27.4 Å². The number of aliphatic hydroxyl groups is 1. The highest BCUT2D eigenvalue weighted by atomic mass is 28.2. The molecule has 0 aliphatic rings. The van der Waals surface area contributed by atoms with Gasteiger partial charge in [0.15, 0.2) is 9.76 Å². The first kappa shape index (κ1) is 25.3. The molecule has 0 saturated carbocycles. The largest absolute Gasteiger partial charge is 0.497 e. The summed E-state index contributed by atoms with van der Waals surface area (Å²) in [6.07, 6.45) is 0.853. The lowest BCUT2D eigenvalue weighted by Crippen LogP contribution is -2.28. The van der Waals surface area contributed by atoms with E-state index in [0.29, 0.717) is 22.4 Å². The summed E-state index contributed by atoms with van der Waals surface area (Å²) in [4.78, 5) is 0. The Morgan fingerprint density at radius 3 is 2.19 bits per heavy atom. The van der Waals surface area contributed by atoms with Gasteiger partial charge < -0.3 is 14.3 Å². The second-order valence-electron chi connectivity index (χ2n) is 10.4. The van der Waals surface area contributed by atoms with Gasteiger partial charge in [-0.15, -0.1) is 6.58 Å². The van der Waals surface area contributed by atoms with Gasteiger partial charge in [-0.25, -0.2) is 4.39 Å². The summed E-state index contributed by atoms with van der Waals surface area (Å²) < 4.78 is 26.5. The van der Waals surface area contributed by atoms with Crippen LogP contribution >= 0.6 is 0 Å². The molecule has 1 atom stereocenters. The number of methoxy groups -OCH3 is 1. The van der Waals surface area contributed by atoms with Gasteiger partial charge in [0, 0.05) is 11.0 Å². The van der Waals surface area contributed by atoms with E-state index in [4.69, 9.17) is 9.16 Å². The Morgan fingerprint density at radius 2 is 1.65 bits per heavy atom. The lowest BCUT2D eigenvalue weighted by molar-refractivity contribution is 0.0812. The third-order valence-corrected chi connectivity index (χ3v) is 7.33. The first-order valence-electron chi connectivity index (χ1n) is 10.7. The molecule has 0 spiro atoms. The quantitative estimate of drug-likeness (QED) is 0.383. The van der Waals surface area contributed by atoms with Crippen molar-refractivity contribution in [1.82, 2.24) is 0 Å². The third-order valence-electron chi connectivity index (χ3n) is 5.60. The maximum Gasteiger partial charge on any atom is 0.168 e. The summed E-state index contributed by atoms with van der Waals surface area (Å²) in [5.74, 6) is 0.192. The molecule has 170 valence electrons. The van der Waals surface area contributed by atoms with E-state index >= 15 is 0 Å². The minimum Gasteiger partial charge on any atom is -0.497 e. The summed E-state index contributed by atoms with van der Waals surface area (Å²) >= 11 is 0. The second kappa shape index (κ2) is 9.27. The molecule has 0 aliphatic carbocycles. The first-order valence-corrected chi connectivity index (χ1v) is 11.9. The van der Waals surface area contributed by atoms with E-state index in [-0.39, 0.29) is 10.9 Å². The average Bonchev–Trinajstić information content (AvgIpc) is 2.71. The molecule has 2 rings (SSSR count). The van der Waals surface area contributed by atoms with Crippen molar-refractivity contribution in [3.8, 4) is 16.9 Å². The van der Waals surface area contributed by atoms with Gasteiger partial charge in [-0.1, -0.05) is 52.8 Å². The van der Waals surface area contributed by atoms with E-state index < -0.39 is 26.9 Å². The summed E-state index contributed by atoms with van der Waals surface area (Å²) in [5, 5.41) is 11.5. The highest BCUT2D eigenvalue weighted by Crippen LogP contribution is 2.42. The van der Waals surface area contributed by atoms with Crippen molar-refractivity contribution >= 4 is 9.76 Å². The fraction of sp³-hybridized carbons (Fsp3) is 0.462. The summed E-state index contributed by atoms with van der Waals surface area (Å²) in [6, 6.07) is 10.4. The predicted molar refractivity (Wildman–Crippen MR) is 130 cm³/mol. The van der Waals surface area contributed by atoms with Gasteiger partial charge in [0.1, 0.15) is 11.6 Å². The van der Waals surface area contributed by atoms with E-state index in [1.54, 1.807) is 25.3 Å². The number of aliphatic hydroxyl groups excluding tert-OH is 1. The average molecular weight is 445 g/mol. The van der Waals surface area contributed by atoms with Crippen LogP contribution in [0.4, 0.5) is 4.39 Å². The van der Waals surface area contributed by atoms with Crippen molar-refractivity contribution in [2.75, 3.05) is 7.11 Å². The van der Waals surface area contributed by atoms with Crippen LogP contribution in [0.15, 0.2) is 49.1 Å². The van der Waals surface area contributed by atoms with Crippen molar-refractivity contribution < 1.29 is 18.7 Å². The molecule has 0 saturated heterocycles. The fourth-order valence-electron chi connectivity index (χ4n) is 3.24. The summed E-state index contributed by atoms with van der Waals surface area (Å²) in [5.41, 5.74) is 1.49. The van der Waals surface area contributed by atoms with Crippen LogP contribution < -0.4 is 4.74 Å². The molecule has 0 aliphatic heterocycles. The maximum atomic E-state index is 14.8. The second-order valence-corrected chi connectivity index (χ2v) is 13.1.